The lowest BCUT2D eigenvalue weighted by Crippen LogP contribution is -2.33. The lowest BCUT2D eigenvalue weighted by molar-refractivity contribution is 0.376. The molecular weight excluding hydrogens is 198 g/mol. The van der Waals surface area contributed by atoms with Gasteiger partial charge < -0.3 is 9.88 Å². The van der Waals surface area contributed by atoms with Crippen molar-refractivity contribution in [2.45, 2.75) is 51.6 Å². The molecule has 1 aliphatic rings. The van der Waals surface area contributed by atoms with Crippen LogP contribution in [0.3, 0.4) is 0 Å². The van der Waals surface area contributed by atoms with E-state index in [1.165, 1.54) is 32.1 Å². The molecule has 1 N–H and O–H groups in total. The summed E-state index contributed by atoms with van der Waals surface area (Å²) in [6, 6.07) is 0.699. The fraction of sp³-hybridized carbons (Fsp3) is 0.769. The summed E-state index contributed by atoms with van der Waals surface area (Å²) in [6.45, 7) is 4.54. The minimum absolute atomic E-state index is 0.699. The molecule has 1 aromatic heterocycles. The molecule has 1 aliphatic carbocycles. The Hall–Kier alpha value is -0.830. The van der Waals surface area contributed by atoms with Crippen LogP contribution < -0.4 is 5.32 Å². The molecule has 1 saturated carbocycles. The summed E-state index contributed by atoms with van der Waals surface area (Å²) in [5, 5.41) is 3.65. The average molecular weight is 221 g/mol. The van der Waals surface area contributed by atoms with Gasteiger partial charge in [0.05, 0.1) is 6.33 Å². The highest BCUT2D eigenvalue weighted by Gasteiger charge is 2.20. The van der Waals surface area contributed by atoms with Gasteiger partial charge in [-0.1, -0.05) is 12.8 Å². The molecule has 0 aromatic carbocycles. The number of nitrogens with zero attached hydrogens (tertiary/aromatic N) is 2. The van der Waals surface area contributed by atoms with Crippen molar-refractivity contribution in [1.82, 2.24) is 14.9 Å². The Labute approximate surface area is 98.3 Å². The third kappa shape index (κ3) is 3.34. The van der Waals surface area contributed by atoms with E-state index in [1.807, 2.05) is 18.7 Å². The number of nitrogens with one attached hydrogen (secondary N) is 1. The monoisotopic (exact) mass is 221 g/mol. The second-order valence-corrected chi connectivity index (χ2v) is 4.94. The van der Waals surface area contributed by atoms with Crippen LogP contribution in [0, 0.1) is 5.92 Å². The Morgan fingerprint density at radius 1 is 1.44 bits per heavy atom. The van der Waals surface area contributed by atoms with Crippen LogP contribution in [0.4, 0.5) is 0 Å². The first-order valence-electron chi connectivity index (χ1n) is 6.55. The van der Waals surface area contributed by atoms with Gasteiger partial charge in [0.1, 0.15) is 0 Å². The van der Waals surface area contributed by atoms with E-state index in [-0.39, 0.29) is 0 Å². The molecule has 1 unspecified atom stereocenters. The normalized spacial score (nSPS) is 19.1. The van der Waals surface area contributed by atoms with E-state index in [0.29, 0.717) is 6.04 Å². The highest BCUT2D eigenvalue weighted by molar-refractivity contribution is 4.77. The molecule has 0 amide bonds. The number of hydrogen-bond donors (Lipinski definition) is 1. The van der Waals surface area contributed by atoms with Crippen molar-refractivity contribution in [3.8, 4) is 0 Å². The third-order valence-corrected chi connectivity index (χ3v) is 3.73. The fourth-order valence-electron chi connectivity index (χ4n) is 2.63. The van der Waals surface area contributed by atoms with Gasteiger partial charge in [-0.15, -0.1) is 0 Å². The zero-order valence-electron chi connectivity index (χ0n) is 10.2. The van der Waals surface area contributed by atoms with Crippen LogP contribution in [0.1, 0.15) is 39.0 Å². The summed E-state index contributed by atoms with van der Waals surface area (Å²) in [5.74, 6) is 0.924. The second kappa shape index (κ2) is 6.04. The van der Waals surface area contributed by atoms with Crippen LogP contribution in [-0.4, -0.2) is 22.1 Å². The first-order valence-corrected chi connectivity index (χ1v) is 6.55. The molecule has 0 bridgehead atoms. The predicted octanol–water partition coefficient (Wildman–Crippen LogP) is 2.44. The number of aromatic nitrogens is 2. The summed E-state index contributed by atoms with van der Waals surface area (Å²) >= 11 is 0. The van der Waals surface area contributed by atoms with Gasteiger partial charge in [0, 0.05) is 25.0 Å². The van der Waals surface area contributed by atoms with Gasteiger partial charge in [0.2, 0.25) is 0 Å². The molecule has 0 saturated heterocycles. The Morgan fingerprint density at radius 2 is 2.25 bits per heavy atom. The molecule has 0 radical (unpaired) electrons. The molecule has 16 heavy (non-hydrogen) atoms. The van der Waals surface area contributed by atoms with Crippen molar-refractivity contribution in [1.29, 1.82) is 0 Å². The Morgan fingerprint density at radius 3 is 2.94 bits per heavy atom. The van der Waals surface area contributed by atoms with Crippen LogP contribution in [0.5, 0.6) is 0 Å². The van der Waals surface area contributed by atoms with Crippen LogP contribution in [-0.2, 0) is 6.54 Å². The van der Waals surface area contributed by atoms with E-state index in [0.717, 1.165) is 19.0 Å². The number of aryl methyl sites for hydroxylation is 1. The summed E-state index contributed by atoms with van der Waals surface area (Å²) in [5.41, 5.74) is 0. The summed E-state index contributed by atoms with van der Waals surface area (Å²) in [7, 11) is 0. The molecule has 0 spiro atoms. The summed E-state index contributed by atoms with van der Waals surface area (Å²) in [6.07, 6.45) is 12.7. The van der Waals surface area contributed by atoms with Gasteiger partial charge in [-0.25, -0.2) is 4.98 Å². The quantitative estimate of drug-likeness (QED) is 0.748. The van der Waals surface area contributed by atoms with Crippen molar-refractivity contribution in [2.75, 3.05) is 6.54 Å². The zero-order chi connectivity index (χ0) is 11.2. The van der Waals surface area contributed by atoms with E-state index in [1.54, 1.807) is 0 Å². The molecule has 3 heteroatoms. The standard InChI is InChI=1S/C13H23N3/c1-12(13-5-2-3-6-13)15-7-4-9-16-10-8-14-11-16/h8,10-13,15H,2-7,9H2,1H3. The van der Waals surface area contributed by atoms with Gasteiger partial charge in [-0.05, 0) is 38.6 Å². The maximum atomic E-state index is 4.04. The highest BCUT2D eigenvalue weighted by Crippen LogP contribution is 2.27. The van der Waals surface area contributed by atoms with E-state index in [4.69, 9.17) is 0 Å². The lowest BCUT2D eigenvalue weighted by Gasteiger charge is -2.20. The van der Waals surface area contributed by atoms with Crippen LogP contribution >= 0.6 is 0 Å². The van der Waals surface area contributed by atoms with E-state index >= 15 is 0 Å². The van der Waals surface area contributed by atoms with Crippen molar-refractivity contribution >= 4 is 0 Å². The highest BCUT2D eigenvalue weighted by atomic mass is 15.0. The fourth-order valence-corrected chi connectivity index (χ4v) is 2.63. The van der Waals surface area contributed by atoms with Crippen LogP contribution in [0.2, 0.25) is 0 Å². The molecule has 0 aliphatic heterocycles. The number of rotatable bonds is 6. The van der Waals surface area contributed by atoms with Gasteiger partial charge in [-0.2, -0.15) is 0 Å². The molecule has 2 rings (SSSR count). The molecule has 3 nitrogen and oxygen atoms in total. The summed E-state index contributed by atoms with van der Waals surface area (Å²) in [4.78, 5) is 4.04. The van der Waals surface area contributed by atoms with E-state index < -0.39 is 0 Å². The van der Waals surface area contributed by atoms with E-state index in [9.17, 15) is 0 Å². The van der Waals surface area contributed by atoms with Crippen molar-refractivity contribution in [3.63, 3.8) is 0 Å². The molecule has 1 aromatic rings. The first-order chi connectivity index (χ1) is 7.86. The first kappa shape index (κ1) is 11.6. The number of imidazole rings is 1. The Balaban J connectivity index is 1.57. The van der Waals surface area contributed by atoms with Gasteiger partial charge in [0.25, 0.3) is 0 Å². The lowest BCUT2D eigenvalue weighted by atomic mass is 10.00. The SMILES string of the molecule is CC(NCCCn1ccnc1)C1CCCC1. The summed E-state index contributed by atoms with van der Waals surface area (Å²) < 4.78 is 2.14. The number of hydrogen-bond acceptors (Lipinski definition) is 2. The van der Waals surface area contributed by atoms with E-state index in [2.05, 4.69) is 21.8 Å². The van der Waals surface area contributed by atoms with Crippen LogP contribution in [0.25, 0.3) is 0 Å². The average Bonchev–Trinajstić information content (AvgIpc) is 2.96. The minimum atomic E-state index is 0.699. The molecule has 1 heterocycles. The van der Waals surface area contributed by atoms with Crippen molar-refractivity contribution in [2.24, 2.45) is 5.92 Å². The second-order valence-electron chi connectivity index (χ2n) is 4.94. The predicted molar refractivity (Wildman–Crippen MR) is 66.3 cm³/mol. The zero-order valence-corrected chi connectivity index (χ0v) is 10.2. The Bertz CT molecular complexity index is 275. The van der Waals surface area contributed by atoms with Crippen LogP contribution in [0.15, 0.2) is 18.7 Å². The van der Waals surface area contributed by atoms with Gasteiger partial charge in [-0.3, -0.25) is 0 Å². The minimum Gasteiger partial charge on any atom is -0.337 e. The molecule has 1 fully saturated rings. The topological polar surface area (TPSA) is 29.9 Å². The van der Waals surface area contributed by atoms with Gasteiger partial charge in [0.15, 0.2) is 0 Å². The largest absolute Gasteiger partial charge is 0.337 e. The van der Waals surface area contributed by atoms with Gasteiger partial charge >= 0.3 is 0 Å². The smallest absolute Gasteiger partial charge is 0.0945 e. The maximum Gasteiger partial charge on any atom is 0.0945 e. The Kier molecular flexibility index (Phi) is 4.40. The molecule has 90 valence electrons. The molecule has 1 atom stereocenters. The maximum absolute atomic E-state index is 4.04. The molecular formula is C13H23N3. The van der Waals surface area contributed by atoms with Crippen molar-refractivity contribution in [3.05, 3.63) is 18.7 Å². The van der Waals surface area contributed by atoms with Crippen molar-refractivity contribution < 1.29 is 0 Å². The third-order valence-electron chi connectivity index (χ3n) is 3.73.